The summed E-state index contributed by atoms with van der Waals surface area (Å²) in [5.74, 6) is 1.36. The number of aryl methyl sites for hydroxylation is 1. The van der Waals surface area contributed by atoms with Crippen LogP contribution in [0.3, 0.4) is 0 Å². The quantitative estimate of drug-likeness (QED) is 0.828. The number of nitrogens with one attached hydrogen (secondary N) is 1. The highest BCUT2D eigenvalue weighted by molar-refractivity contribution is 5.57. The Hall–Kier alpha value is -2.02. The Morgan fingerprint density at radius 3 is 2.82 bits per heavy atom. The molecule has 1 N–H and O–H groups in total. The van der Waals surface area contributed by atoms with Gasteiger partial charge in [0.15, 0.2) is 5.82 Å². The summed E-state index contributed by atoms with van der Waals surface area (Å²) in [6, 6.07) is 1.85. The number of nitrogens with zero attached hydrogens (tertiary/aromatic N) is 5. The molecule has 0 aliphatic rings. The Morgan fingerprint density at radius 2 is 2.24 bits per heavy atom. The van der Waals surface area contributed by atoms with Crippen LogP contribution in [0.4, 0.5) is 5.82 Å². The van der Waals surface area contributed by atoms with Gasteiger partial charge < -0.3 is 10.1 Å². The molecule has 0 spiro atoms. The minimum absolute atomic E-state index is 0.369. The lowest BCUT2D eigenvalue weighted by Gasteiger charge is -2.06. The van der Waals surface area contributed by atoms with Crippen molar-refractivity contribution in [2.75, 3.05) is 19.5 Å². The van der Waals surface area contributed by atoms with Crippen molar-refractivity contribution in [1.29, 1.82) is 0 Å². The highest BCUT2D eigenvalue weighted by Crippen LogP contribution is 2.18. The zero-order valence-electron chi connectivity index (χ0n) is 10.0. The highest BCUT2D eigenvalue weighted by atomic mass is 16.5. The van der Waals surface area contributed by atoms with E-state index in [9.17, 15) is 0 Å². The first-order valence-electron chi connectivity index (χ1n) is 5.14. The Balaban J connectivity index is 2.46. The number of hydrogen-bond donors (Lipinski definition) is 1. The molecule has 0 saturated heterocycles. The second-order valence-corrected chi connectivity index (χ2v) is 3.48. The van der Waals surface area contributed by atoms with Crippen molar-refractivity contribution in [3.63, 3.8) is 0 Å². The van der Waals surface area contributed by atoms with Crippen LogP contribution in [0.2, 0.25) is 0 Å². The summed E-state index contributed by atoms with van der Waals surface area (Å²) in [6.07, 6.45) is 1.67. The van der Waals surface area contributed by atoms with Gasteiger partial charge in [-0.15, -0.1) is 5.10 Å². The third-order valence-corrected chi connectivity index (χ3v) is 2.28. The van der Waals surface area contributed by atoms with Gasteiger partial charge in [0.1, 0.15) is 18.1 Å². The molecule has 0 atom stereocenters. The van der Waals surface area contributed by atoms with Gasteiger partial charge in [0.05, 0.1) is 11.9 Å². The summed E-state index contributed by atoms with van der Waals surface area (Å²) in [5, 5.41) is 10.7. The van der Waals surface area contributed by atoms with Gasteiger partial charge in [-0.25, -0.2) is 14.6 Å². The van der Waals surface area contributed by atoms with E-state index in [2.05, 4.69) is 25.6 Å². The van der Waals surface area contributed by atoms with Gasteiger partial charge in [0.2, 0.25) is 0 Å². The van der Waals surface area contributed by atoms with Crippen LogP contribution in [0.25, 0.3) is 11.4 Å². The maximum atomic E-state index is 5.04. The summed E-state index contributed by atoms with van der Waals surface area (Å²) in [7, 11) is 5.24. The molecule has 90 valence electrons. The van der Waals surface area contributed by atoms with E-state index in [0.29, 0.717) is 12.4 Å². The number of anilines is 1. The van der Waals surface area contributed by atoms with Gasteiger partial charge in [0, 0.05) is 27.3 Å². The van der Waals surface area contributed by atoms with Gasteiger partial charge in [-0.1, -0.05) is 5.21 Å². The lowest BCUT2D eigenvalue weighted by atomic mass is 10.3. The molecular formula is C10H14N6O. The third kappa shape index (κ3) is 2.39. The summed E-state index contributed by atoms with van der Waals surface area (Å²) < 4.78 is 6.70. The van der Waals surface area contributed by atoms with Crippen LogP contribution in [0.15, 0.2) is 12.3 Å². The Morgan fingerprint density at radius 1 is 1.41 bits per heavy atom. The second-order valence-electron chi connectivity index (χ2n) is 3.48. The topological polar surface area (TPSA) is 77.8 Å². The number of methoxy groups -OCH3 is 1. The number of aromatic nitrogens is 5. The van der Waals surface area contributed by atoms with E-state index < -0.39 is 0 Å². The van der Waals surface area contributed by atoms with Crippen molar-refractivity contribution in [2.24, 2.45) is 7.05 Å². The van der Waals surface area contributed by atoms with Crippen LogP contribution < -0.4 is 5.32 Å². The Kier molecular flexibility index (Phi) is 3.29. The van der Waals surface area contributed by atoms with E-state index in [0.717, 1.165) is 17.2 Å². The van der Waals surface area contributed by atoms with Crippen molar-refractivity contribution in [2.45, 2.75) is 6.61 Å². The third-order valence-electron chi connectivity index (χ3n) is 2.28. The zero-order chi connectivity index (χ0) is 12.3. The smallest absolute Gasteiger partial charge is 0.157 e. The average Bonchev–Trinajstić information content (AvgIpc) is 2.75. The van der Waals surface area contributed by atoms with Gasteiger partial charge in [-0.2, -0.15) is 0 Å². The second kappa shape index (κ2) is 4.88. The average molecular weight is 234 g/mol. The van der Waals surface area contributed by atoms with Crippen LogP contribution in [0.5, 0.6) is 0 Å². The molecule has 7 nitrogen and oxygen atoms in total. The molecule has 2 aromatic rings. The van der Waals surface area contributed by atoms with E-state index in [1.165, 1.54) is 0 Å². The molecule has 0 fully saturated rings. The van der Waals surface area contributed by atoms with Crippen LogP contribution >= 0.6 is 0 Å². The predicted octanol–water partition coefficient (Wildman–Crippen LogP) is 0.460. The summed E-state index contributed by atoms with van der Waals surface area (Å²) in [6.45, 7) is 0.369. The van der Waals surface area contributed by atoms with E-state index in [-0.39, 0.29) is 0 Å². The van der Waals surface area contributed by atoms with E-state index in [1.807, 2.05) is 20.2 Å². The van der Waals surface area contributed by atoms with Crippen LogP contribution in [-0.4, -0.2) is 39.1 Å². The lowest BCUT2D eigenvalue weighted by Crippen LogP contribution is -2.04. The van der Waals surface area contributed by atoms with Gasteiger partial charge in [0.25, 0.3) is 0 Å². The fourth-order valence-electron chi connectivity index (χ4n) is 1.47. The summed E-state index contributed by atoms with van der Waals surface area (Å²) >= 11 is 0. The molecule has 0 unspecified atom stereocenters. The standard InChI is InChI=1S/C10H14N6O/c1-11-9-4-7(8-5-12-15-16(8)2)13-10(14-9)6-17-3/h4-5H,6H2,1-3H3,(H,11,13,14). The van der Waals surface area contributed by atoms with Crippen molar-refractivity contribution in [3.8, 4) is 11.4 Å². The van der Waals surface area contributed by atoms with E-state index >= 15 is 0 Å². The monoisotopic (exact) mass is 234 g/mol. The molecule has 7 heteroatoms. The minimum Gasteiger partial charge on any atom is -0.377 e. The first-order valence-corrected chi connectivity index (χ1v) is 5.14. The molecule has 0 amide bonds. The van der Waals surface area contributed by atoms with Crippen molar-refractivity contribution < 1.29 is 4.74 Å². The highest BCUT2D eigenvalue weighted by Gasteiger charge is 2.09. The van der Waals surface area contributed by atoms with Crippen LogP contribution in [0.1, 0.15) is 5.82 Å². The molecule has 0 aromatic carbocycles. The van der Waals surface area contributed by atoms with Crippen molar-refractivity contribution >= 4 is 5.82 Å². The molecule has 0 aliphatic carbocycles. The molecule has 0 aliphatic heterocycles. The molecule has 17 heavy (non-hydrogen) atoms. The molecule has 2 aromatic heterocycles. The molecule has 0 radical (unpaired) electrons. The largest absolute Gasteiger partial charge is 0.377 e. The first kappa shape index (κ1) is 11.5. The predicted molar refractivity (Wildman–Crippen MR) is 62.3 cm³/mol. The van der Waals surface area contributed by atoms with Crippen LogP contribution in [-0.2, 0) is 18.4 Å². The minimum atomic E-state index is 0.369. The van der Waals surface area contributed by atoms with Crippen LogP contribution in [0, 0.1) is 0 Å². The molecule has 0 saturated carbocycles. The van der Waals surface area contributed by atoms with Gasteiger partial charge in [-0.3, -0.25) is 0 Å². The Labute approximate surface area is 98.8 Å². The maximum absolute atomic E-state index is 5.04. The lowest BCUT2D eigenvalue weighted by molar-refractivity contribution is 0.178. The SMILES string of the molecule is CNc1cc(-c2cnnn2C)nc(COC)n1. The molecular weight excluding hydrogens is 220 g/mol. The van der Waals surface area contributed by atoms with E-state index in [1.54, 1.807) is 18.0 Å². The number of rotatable bonds is 4. The molecule has 2 heterocycles. The van der Waals surface area contributed by atoms with Gasteiger partial charge >= 0.3 is 0 Å². The number of hydrogen-bond acceptors (Lipinski definition) is 6. The van der Waals surface area contributed by atoms with E-state index in [4.69, 9.17) is 4.74 Å². The fraction of sp³-hybridized carbons (Fsp3) is 0.400. The molecule has 0 bridgehead atoms. The van der Waals surface area contributed by atoms with Gasteiger partial charge in [-0.05, 0) is 0 Å². The normalized spacial score (nSPS) is 10.5. The van der Waals surface area contributed by atoms with Crippen molar-refractivity contribution in [3.05, 3.63) is 18.1 Å². The number of ether oxygens (including phenoxy) is 1. The zero-order valence-corrected chi connectivity index (χ0v) is 10.0. The Bertz CT molecular complexity index is 509. The maximum Gasteiger partial charge on any atom is 0.157 e. The summed E-state index contributed by atoms with van der Waals surface area (Å²) in [5.41, 5.74) is 1.60. The summed E-state index contributed by atoms with van der Waals surface area (Å²) in [4.78, 5) is 8.68. The molecule has 2 rings (SSSR count). The van der Waals surface area contributed by atoms with Crippen molar-refractivity contribution in [1.82, 2.24) is 25.0 Å². The fourth-order valence-corrected chi connectivity index (χ4v) is 1.47. The first-order chi connectivity index (χ1) is 8.24.